The third-order valence-corrected chi connectivity index (χ3v) is 2.57. The van der Waals surface area contributed by atoms with Crippen LogP contribution in [0.15, 0.2) is 0 Å². The summed E-state index contributed by atoms with van der Waals surface area (Å²) in [5.74, 6) is -0.803. The summed E-state index contributed by atoms with van der Waals surface area (Å²) in [6.07, 6.45) is 1.87. The highest BCUT2D eigenvalue weighted by Crippen LogP contribution is 1.99. The van der Waals surface area contributed by atoms with Crippen LogP contribution in [0.2, 0.25) is 0 Å². The summed E-state index contributed by atoms with van der Waals surface area (Å²) in [7, 11) is 0. The van der Waals surface area contributed by atoms with Gasteiger partial charge in [0, 0.05) is 32.0 Å². The predicted molar refractivity (Wildman–Crippen MR) is 61.7 cm³/mol. The van der Waals surface area contributed by atoms with Gasteiger partial charge < -0.3 is 20.5 Å². The lowest BCUT2D eigenvalue weighted by Crippen LogP contribution is -2.44. The average Bonchev–Trinajstić information content (AvgIpc) is 2.29. The van der Waals surface area contributed by atoms with Crippen LogP contribution in [-0.4, -0.2) is 49.3 Å². The van der Waals surface area contributed by atoms with Crippen molar-refractivity contribution in [1.29, 1.82) is 0 Å². The number of carbonyl (C=O) groups excluding carboxylic acids is 1. The Kier molecular flexibility index (Phi) is 6.57. The van der Waals surface area contributed by atoms with Crippen molar-refractivity contribution in [3.05, 3.63) is 0 Å². The Morgan fingerprint density at radius 2 is 2.24 bits per heavy atom. The summed E-state index contributed by atoms with van der Waals surface area (Å²) in [5, 5.41) is 14.4. The highest BCUT2D eigenvalue weighted by atomic mass is 16.5. The topological polar surface area (TPSA) is 87.7 Å². The van der Waals surface area contributed by atoms with Gasteiger partial charge in [0.15, 0.2) is 0 Å². The lowest BCUT2D eigenvalue weighted by atomic mass is 10.2. The summed E-state index contributed by atoms with van der Waals surface area (Å²) < 4.78 is 5.24. The molecule has 1 heterocycles. The van der Waals surface area contributed by atoms with Crippen molar-refractivity contribution < 1.29 is 19.4 Å². The van der Waals surface area contributed by atoms with Crippen LogP contribution >= 0.6 is 0 Å². The first-order valence-corrected chi connectivity index (χ1v) is 5.98. The van der Waals surface area contributed by atoms with E-state index in [0.29, 0.717) is 39.0 Å². The molecule has 0 spiro atoms. The van der Waals surface area contributed by atoms with Crippen LogP contribution in [0, 0.1) is 0 Å². The molecule has 17 heavy (non-hydrogen) atoms. The predicted octanol–water partition coefficient (Wildman–Crippen LogP) is -0.264. The van der Waals surface area contributed by atoms with Crippen molar-refractivity contribution in [2.45, 2.75) is 31.7 Å². The number of nitrogens with one attached hydrogen (secondary N) is 2. The second kappa shape index (κ2) is 8.03. The Morgan fingerprint density at radius 1 is 1.41 bits per heavy atom. The third kappa shape index (κ3) is 6.91. The molecule has 0 aromatic rings. The zero-order valence-corrected chi connectivity index (χ0v) is 9.91. The van der Waals surface area contributed by atoms with Crippen LogP contribution in [0.4, 0.5) is 0 Å². The van der Waals surface area contributed by atoms with Gasteiger partial charge in [0.1, 0.15) is 0 Å². The molecule has 1 unspecified atom stereocenters. The number of ether oxygens (including phenoxy) is 1. The van der Waals surface area contributed by atoms with Crippen molar-refractivity contribution in [1.82, 2.24) is 10.6 Å². The van der Waals surface area contributed by atoms with Crippen LogP contribution < -0.4 is 10.6 Å². The monoisotopic (exact) mass is 244 g/mol. The van der Waals surface area contributed by atoms with Gasteiger partial charge in [-0.15, -0.1) is 0 Å². The third-order valence-electron chi connectivity index (χ3n) is 2.57. The molecular formula is C11H20N2O4. The summed E-state index contributed by atoms with van der Waals surface area (Å²) in [6, 6.07) is 0.0998. The van der Waals surface area contributed by atoms with Crippen LogP contribution in [-0.2, 0) is 14.3 Å². The summed E-state index contributed by atoms with van der Waals surface area (Å²) in [4.78, 5) is 21.7. The Labute approximate surface area is 101 Å². The lowest BCUT2D eigenvalue weighted by Gasteiger charge is -2.23. The number of hydrogen-bond acceptors (Lipinski definition) is 4. The fraction of sp³-hybridized carbons (Fsp3) is 0.818. The Hall–Kier alpha value is -1.14. The van der Waals surface area contributed by atoms with Gasteiger partial charge in [0.25, 0.3) is 0 Å². The molecule has 1 saturated heterocycles. The minimum absolute atomic E-state index is 0.0108. The van der Waals surface area contributed by atoms with Crippen molar-refractivity contribution >= 4 is 11.9 Å². The molecule has 1 aliphatic heterocycles. The minimum Gasteiger partial charge on any atom is -0.481 e. The van der Waals surface area contributed by atoms with E-state index < -0.39 is 5.97 Å². The molecule has 6 heteroatoms. The van der Waals surface area contributed by atoms with Crippen molar-refractivity contribution in [3.8, 4) is 0 Å². The first-order valence-electron chi connectivity index (χ1n) is 5.98. The van der Waals surface area contributed by atoms with E-state index in [2.05, 4.69) is 10.6 Å². The number of amides is 1. The zero-order valence-electron chi connectivity index (χ0n) is 9.91. The highest BCUT2D eigenvalue weighted by Gasteiger charge is 2.16. The molecule has 1 aliphatic rings. The van der Waals surface area contributed by atoms with E-state index in [0.717, 1.165) is 6.54 Å². The molecule has 6 nitrogen and oxygen atoms in total. The van der Waals surface area contributed by atoms with Gasteiger partial charge in [0.05, 0.1) is 13.2 Å². The number of carboxylic acids is 1. The number of carbonyl (C=O) groups is 2. The summed E-state index contributed by atoms with van der Waals surface area (Å²) >= 11 is 0. The molecule has 1 amide bonds. The second-order valence-electron chi connectivity index (χ2n) is 4.13. The van der Waals surface area contributed by atoms with E-state index in [-0.39, 0.29) is 18.4 Å². The molecule has 0 saturated carbocycles. The number of unbranched alkanes of at least 4 members (excludes halogenated alkanes) is 1. The van der Waals surface area contributed by atoms with Gasteiger partial charge in [-0.05, 0) is 12.8 Å². The molecule has 1 rings (SSSR count). The first kappa shape index (κ1) is 13.9. The number of rotatable bonds is 7. The highest BCUT2D eigenvalue weighted by molar-refractivity contribution is 5.76. The number of morpholine rings is 1. The van der Waals surface area contributed by atoms with E-state index in [1.165, 1.54) is 0 Å². The van der Waals surface area contributed by atoms with E-state index in [1.807, 2.05) is 0 Å². The Balaban J connectivity index is 1.98. The minimum atomic E-state index is -0.792. The Morgan fingerprint density at radius 3 is 2.88 bits per heavy atom. The van der Waals surface area contributed by atoms with Gasteiger partial charge in [-0.2, -0.15) is 0 Å². The molecule has 3 N–H and O–H groups in total. The van der Waals surface area contributed by atoms with Crippen LogP contribution in [0.25, 0.3) is 0 Å². The lowest BCUT2D eigenvalue weighted by molar-refractivity contribution is -0.137. The second-order valence-corrected chi connectivity index (χ2v) is 4.13. The van der Waals surface area contributed by atoms with E-state index in [4.69, 9.17) is 9.84 Å². The molecule has 0 bridgehead atoms. The quantitative estimate of drug-likeness (QED) is 0.537. The average molecular weight is 244 g/mol. The molecule has 0 aliphatic carbocycles. The van der Waals surface area contributed by atoms with E-state index >= 15 is 0 Å². The summed E-state index contributed by atoms with van der Waals surface area (Å²) in [5.41, 5.74) is 0. The van der Waals surface area contributed by atoms with Gasteiger partial charge in [0.2, 0.25) is 5.91 Å². The maximum atomic E-state index is 11.5. The molecule has 1 fully saturated rings. The van der Waals surface area contributed by atoms with Crippen LogP contribution in [0.5, 0.6) is 0 Å². The zero-order chi connectivity index (χ0) is 12.5. The van der Waals surface area contributed by atoms with E-state index in [9.17, 15) is 9.59 Å². The van der Waals surface area contributed by atoms with Gasteiger partial charge >= 0.3 is 5.97 Å². The smallest absolute Gasteiger partial charge is 0.303 e. The molecule has 1 atom stereocenters. The van der Waals surface area contributed by atoms with E-state index in [1.54, 1.807) is 0 Å². The molecular weight excluding hydrogens is 224 g/mol. The van der Waals surface area contributed by atoms with Gasteiger partial charge in [-0.1, -0.05) is 0 Å². The van der Waals surface area contributed by atoms with Crippen molar-refractivity contribution in [2.75, 3.05) is 26.3 Å². The normalized spacial score (nSPS) is 19.9. The maximum absolute atomic E-state index is 11.5. The fourth-order valence-corrected chi connectivity index (χ4v) is 1.68. The first-order chi connectivity index (χ1) is 8.18. The molecule has 98 valence electrons. The van der Waals surface area contributed by atoms with Gasteiger partial charge in [-0.3, -0.25) is 9.59 Å². The van der Waals surface area contributed by atoms with Crippen molar-refractivity contribution in [3.63, 3.8) is 0 Å². The largest absolute Gasteiger partial charge is 0.481 e. The maximum Gasteiger partial charge on any atom is 0.303 e. The molecule has 0 aromatic heterocycles. The molecule has 0 aromatic carbocycles. The summed E-state index contributed by atoms with van der Waals surface area (Å²) in [6.45, 7) is 2.61. The number of carboxylic acid groups (broad SMARTS) is 1. The van der Waals surface area contributed by atoms with Gasteiger partial charge in [-0.25, -0.2) is 0 Å². The SMILES string of the molecule is O=C(O)CCCCNC(=O)CC1COCCN1. The van der Waals surface area contributed by atoms with Crippen molar-refractivity contribution in [2.24, 2.45) is 0 Å². The Bertz CT molecular complexity index is 252. The van der Waals surface area contributed by atoms with Crippen LogP contribution in [0.1, 0.15) is 25.7 Å². The number of hydrogen-bond donors (Lipinski definition) is 3. The molecule has 0 radical (unpaired) electrons. The fourth-order valence-electron chi connectivity index (χ4n) is 1.68. The standard InChI is InChI=1S/C11H20N2O4/c14-10(7-9-8-17-6-5-12-9)13-4-2-1-3-11(15)16/h9,12H,1-8H2,(H,13,14)(H,15,16). The van der Waals surface area contributed by atoms with Crippen LogP contribution in [0.3, 0.4) is 0 Å². The number of aliphatic carboxylic acids is 1.